The lowest BCUT2D eigenvalue weighted by Gasteiger charge is -2.30. The van der Waals surface area contributed by atoms with E-state index in [1.165, 1.54) is 28.8 Å². The summed E-state index contributed by atoms with van der Waals surface area (Å²) in [5.74, 6) is -3.16. The number of benzene rings is 3. The number of fused-ring (bicyclic) bond motifs is 2. The molecule has 202 valence electrons. The quantitative estimate of drug-likeness (QED) is 0.311. The van der Waals surface area contributed by atoms with Gasteiger partial charge in [0, 0.05) is 21.5 Å². The number of rotatable bonds is 5. The number of halogens is 2. The van der Waals surface area contributed by atoms with Gasteiger partial charge in [-0.1, -0.05) is 65.0 Å². The van der Waals surface area contributed by atoms with Crippen LogP contribution in [-0.4, -0.2) is 27.5 Å². The Bertz CT molecular complexity index is 1720. The number of thioether (sulfide) groups is 1. The molecule has 3 unspecified atom stereocenters. The van der Waals surface area contributed by atoms with E-state index in [-0.39, 0.29) is 23.0 Å². The first-order valence-electron chi connectivity index (χ1n) is 12.4. The minimum atomic E-state index is -0.842. The average Bonchev–Trinajstić information content (AvgIpc) is 3.37. The Hall–Kier alpha value is -3.73. The van der Waals surface area contributed by atoms with E-state index in [1.807, 2.05) is 25.1 Å². The maximum atomic E-state index is 13.8. The van der Waals surface area contributed by atoms with Crippen molar-refractivity contribution < 1.29 is 18.8 Å². The summed E-state index contributed by atoms with van der Waals surface area (Å²) in [5, 5.41) is 3.00. The number of carbonyl (C=O) groups is 3. The highest BCUT2D eigenvalue weighted by Crippen LogP contribution is 2.53. The van der Waals surface area contributed by atoms with Crippen LogP contribution < -0.4 is 15.1 Å². The standard InChI is InChI=1S/C29H21ClFN3O4S2/c1-15-4-2-3-5-20(15)32-21(35)14-33-28-25(40-29(33)38)22(16-6-8-17(30)9-7-16)23-24(39-28)27(37)34(26(23)36)19-12-10-18(31)11-13-19/h2-13,22-24H,14H2,1H3,(H,32,35). The zero-order valence-corrected chi connectivity index (χ0v) is 23.4. The number of hydrogen-bond acceptors (Lipinski definition) is 6. The third kappa shape index (κ3) is 4.55. The summed E-state index contributed by atoms with van der Waals surface area (Å²) >= 11 is 8.23. The molecule has 2 aliphatic heterocycles. The number of para-hydroxylation sites is 1. The van der Waals surface area contributed by atoms with Gasteiger partial charge in [-0.05, 0) is 60.5 Å². The topological polar surface area (TPSA) is 88.5 Å². The van der Waals surface area contributed by atoms with Gasteiger partial charge in [-0.3, -0.25) is 23.7 Å². The van der Waals surface area contributed by atoms with E-state index in [9.17, 15) is 23.6 Å². The number of nitrogens with one attached hydrogen (secondary N) is 1. The molecule has 1 aromatic heterocycles. The first-order chi connectivity index (χ1) is 19.2. The zero-order valence-electron chi connectivity index (χ0n) is 21.0. The van der Waals surface area contributed by atoms with Crippen LogP contribution >= 0.6 is 34.7 Å². The molecule has 3 aromatic carbocycles. The molecule has 1 N–H and O–H groups in total. The van der Waals surface area contributed by atoms with Crippen LogP contribution in [0.25, 0.3) is 0 Å². The van der Waals surface area contributed by atoms with Crippen LogP contribution in [0.1, 0.15) is 21.9 Å². The molecule has 6 rings (SSSR count). The third-order valence-corrected chi connectivity index (χ3v) is 9.94. The highest BCUT2D eigenvalue weighted by atomic mass is 35.5. The summed E-state index contributed by atoms with van der Waals surface area (Å²) in [7, 11) is 0. The average molecular weight is 594 g/mol. The summed E-state index contributed by atoms with van der Waals surface area (Å²) in [6.07, 6.45) is 0. The van der Waals surface area contributed by atoms with Crippen LogP contribution in [-0.2, 0) is 20.9 Å². The van der Waals surface area contributed by atoms with Gasteiger partial charge in [-0.25, -0.2) is 9.29 Å². The van der Waals surface area contributed by atoms with E-state index in [1.54, 1.807) is 30.3 Å². The van der Waals surface area contributed by atoms with Crippen LogP contribution in [0.15, 0.2) is 82.6 Å². The minimum absolute atomic E-state index is 0.249. The molecule has 0 saturated carbocycles. The Balaban J connectivity index is 1.41. The fourth-order valence-corrected chi connectivity index (χ4v) is 8.07. The third-order valence-electron chi connectivity index (χ3n) is 7.08. The van der Waals surface area contributed by atoms with Crippen LogP contribution in [0.4, 0.5) is 15.8 Å². The molecule has 0 radical (unpaired) electrons. The fraction of sp³-hybridized carbons (Fsp3) is 0.172. The zero-order chi connectivity index (χ0) is 28.1. The number of thiazole rings is 1. The number of hydrogen-bond donors (Lipinski definition) is 1. The Morgan fingerprint density at radius 3 is 2.38 bits per heavy atom. The predicted molar refractivity (Wildman–Crippen MR) is 154 cm³/mol. The smallest absolute Gasteiger partial charge is 0.308 e. The van der Waals surface area contributed by atoms with Gasteiger partial charge < -0.3 is 5.32 Å². The molecule has 1 fully saturated rings. The molecule has 0 aliphatic carbocycles. The van der Waals surface area contributed by atoms with Crippen LogP contribution in [0.2, 0.25) is 5.02 Å². The molecule has 4 aromatic rings. The van der Waals surface area contributed by atoms with Crippen molar-refractivity contribution in [3.8, 4) is 0 Å². The largest absolute Gasteiger partial charge is 0.324 e. The van der Waals surface area contributed by atoms with Gasteiger partial charge in [-0.15, -0.1) is 0 Å². The molecular weight excluding hydrogens is 573 g/mol. The van der Waals surface area contributed by atoms with Crippen molar-refractivity contribution in [1.82, 2.24) is 4.57 Å². The molecule has 2 aliphatic rings. The Kier molecular flexibility index (Phi) is 6.85. The summed E-state index contributed by atoms with van der Waals surface area (Å²) in [4.78, 5) is 55.1. The Labute approximate surface area is 241 Å². The van der Waals surface area contributed by atoms with Crippen molar-refractivity contribution in [1.29, 1.82) is 0 Å². The van der Waals surface area contributed by atoms with Crippen molar-refractivity contribution >= 4 is 63.8 Å². The number of nitrogens with zero attached hydrogens (tertiary/aromatic N) is 2. The van der Waals surface area contributed by atoms with E-state index in [2.05, 4.69) is 5.32 Å². The summed E-state index contributed by atoms with van der Waals surface area (Å²) < 4.78 is 15.0. The second-order valence-electron chi connectivity index (χ2n) is 9.57. The molecule has 3 heterocycles. The number of aromatic nitrogens is 1. The first kappa shape index (κ1) is 26.5. The molecule has 3 atom stereocenters. The van der Waals surface area contributed by atoms with Gasteiger partial charge in [0.05, 0.1) is 16.6 Å². The molecular formula is C29H21ClFN3O4S2. The number of amides is 3. The molecule has 7 nitrogen and oxygen atoms in total. The lowest BCUT2D eigenvalue weighted by molar-refractivity contribution is -0.122. The number of aryl methyl sites for hydroxylation is 1. The fourth-order valence-electron chi connectivity index (χ4n) is 5.18. The number of anilines is 2. The van der Waals surface area contributed by atoms with Gasteiger partial charge in [0.15, 0.2) is 0 Å². The molecule has 0 bridgehead atoms. The highest BCUT2D eigenvalue weighted by molar-refractivity contribution is 8.00. The molecule has 1 saturated heterocycles. The van der Waals surface area contributed by atoms with Gasteiger partial charge in [0.25, 0.3) is 0 Å². The van der Waals surface area contributed by atoms with Crippen molar-refractivity contribution in [3.63, 3.8) is 0 Å². The molecule has 3 amide bonds. The Morgan fingerprint density at radius 1 is 0.975 bits per heavy atom. The van der Waals surface area contributed by atoms with E-state index in [0.717, 1.165) is 39.1 Å². The second-order valence-corrected chi connectivity index (χ2v) is 12.1. The SMILES string of the molecule is Cc1ccccc1NC(=O)Cn1c2c(sc1=O)C(c1ccc(Cl)cc1)C1C(=O)N(c3ccc(F)cc3)C(=O)C1S2. The maximum absolute atomic E-state index is 13.8. The van der Waals surface area contributed by atoms with Gasteiger partial charge in [-0.2, -0.15) is 0 Å². The van der Waals surface area contributed by atoms with E-state index in [4.69, 9.17) is 11.6 Å². The van der Waals surface area contributed by atoms with Crippen molar-refractivity contribution in [2.45, 2.75) is 29.7 Å². The van der Waals surface area contributed by atoms with Crippen LogP contribution in [0.3, 0.4) is 0 Å². The summed E-state index contributed by atoms with van der Waals surface area (Å²) in [5.41, 5.74) is 2.52. The molecule has 11 heteroatoms. The van der Waals surface area contributed by atoms with Gasteiger partial charge in [0.2, 0.25) is 17.7 Å². The normalized spacial score (nSPS) is 19.9. The lowest BCUT2D eigenvalue weighted by Crippen LogP contribution is -2.33. The van der Waals surface area contributed by atoms with Crippen molar-refractivity contribution in [2.24, 2.45) is 5.92 Å². The number of imide groups is 1. The van der Waals surface area contributed by atoms with Crippen molar-refractivity contribution in [2.75, 3.05) is 10.2 Å². The monoisotopic (exact) mass is 593 g/mol. The first-order valence-corrected chi connectivity index (χ1v) is 14.4. The highest BCUT2D eigenvalue weighted by Gasteiger charge is 2.56. The van der Waals surface area contributed by atoms with Crippen molar-refractivity contribution in [3.05, 3.63) is 109 Å². The Morgan fingerprint density at radius 2 is 1.68 bits per heavy atom. The summed E-state index contributed by atoms with van der Waals surface area (Å²) in [6, 6.07) is 19.5. The van der Waals surface area contributed by atoms with Crippen LogP contribution in [0.5, 0.6) is 0 Å². The second kappa shape index (κ2) is 10.3. The minimum Gasteiger partial charge on any atom is -0.324 e. The van der Waals surface area contributed by atoms with Gasteiger partial charge >= 0.3 is 4.87 Å². The lowest BCUT2D eigenvalue weighted by atomic mass is 9.83. The number of carbonyl (C=O) groups excluding carboxylic acids is 3. The van der Waals surface area contributed by atoms with Gasteiger partial charge in [0.1, 0.15) is 17.6 Å². The molecule has 40 heavy (non-hydrogen) atoms. The van der Waals surface area contributed by atoms with Crippen LogP contribution in [0, 0.1) is 18.7 Å². The van der Waals surface area contributed by atoms with E-state index >= 15 is 0 Å². The summed E-state index contributed by atoms with van der Waals surface area (Å²) in [6.45, 7) is 1.62. The molecule has 0 spiro atoms. The van der Waals surface area contributed by atoms with E-state index in [0.29, 0.717) is 20.6 Å². The maximum Gasteiger partial charge on any atom is 0.308 e. The predicted octanol–water partition coefficient (Wildman–Crippen LogP) is 5.45. The van der Waals surface area contributed by atoms with E-state index < -0.39 is 34.7 Å².